The van der Waals surface area contributed by atoms with Crippen molar-refractivity contribution >= 4 is 27.0 Å². The molecule has 1 atom stereocenters. The van der Waals surface area contributed by atoms with Gasteiger partial charge < -0.3 is 9.30 Å². The van der Waals surface area contributed by atoms with Gasteiger partial charge in [0.25, 0.3) is 0 Å². The summed E-state index contributed by atoms with van der Waals surface area (Å²) >= 11 is 3.56. The molecule has 21 heavy (non-hydrogen) atoms. The Hall–Kier alpha value is -1.81. The fraction of sp³-hybridized carbons (Fsp3) is 0.235. The molecular formula is C17H15BrN2O. The van der Waals surface area contributed by atoms with E-state index in [-0.39, 0.29) is 0 Å². The van der Waals surface area contributed by atoms with E-state index in [1.54, 1.807) is 7.11 Å². The van der Waals surface area contributed by atoms with E-state index in [1.165, 1.54) is 16.9 Å². The summed E-state index contributed by atoms with van der Waals surface area (Å²) < 4.78 is 8.99. The van der Waals surface area contributed by atoms with Gasteiger partial charge in [-0.2, -0.15) is 0 Å². The van der Waals surface area contributed by atoms with Crippen molar-refractivity contribution in [2.75, 3.05) is 7.11 Å². The molecule has 1 aliphatic heterocycles. The quantitative estimate of drug-likeness (QED) is 0.692. The fourth-order valence-electron chi connectivity index (χ4n) is 3.27. The van der Waals surface area contributed by atoms with Crippen molar-refractivity contribution in [3.8, 4) is 5.75 Å². The predicted molar refractivity (Wildman–Crippen MR) is 86.9 cm³/mol. The van der Waals surface area contributed by atoms with Crippen molar-refractivity contribution in [2.24, 2.45) is 0 Å². The summed E-state index contributed by atoms with van der Waals surface area (Å²) in [6, 6.07) is 14.8. The van der Waals surface area contributed by atoms with E-state index in [0.29, 0.717) is 6.04 Å². The highest BCUT2D eigenvalue weighted by molar-refractivity contribution is 9.10. The van der Waals surface area contributed by atoms with Crippen LogP contribution in [0.1, 0.15) is 23.9 Å². The molecule has 2 aromatic carbocycles. The molecule has 2 heterocycles. The van der Waals surface area contributed by atoms with Crippen LogP contribution in [0.3, 0.4) is 0 Å². The van der Waals surface area contributed by atoms with Crippen molar-refractivity contribution in [3.63, 3.8) is 0 Å². The van der Waals surface area contributed by atoms with Crippen molar-refractivity contribution in [1.82, 2.24) is 9.55 Å². The lowest BCUT2D eigenvalue weighted by Gasteiger charge is -2.18. The summed E-state index contributed by atoms with van der Waals surface area (Å²) in [4.78, 5) is 4.77. The first-order valence-electron chi connectivity index (χ1n) is 7.07. The van der Waals surface area contributed by atoms with E-state index in [4.69, 9.17) is 9.72 Å². The Bertz CT molecular complexity index is 825. The van der Waals surface area contributed by atoms with Gasteiger partial charge in [0.2, 0.25) is 0 Å². The molecule has 1 unspecified atom stereocenters. The minimum atomic E-state index is 0.301. The van der Waals surface area contributed by atoms with Gasteiger partial charge >= 0.3 is 0 Å². The first-order chi connectivity index (χ1) is 10.3. The number of rotatable bonds is 2. The van der Waals surface area contributed by atoms with E-state index in [9.17, 15) is 0 Å². The Morgan fingerprint density at radius 2 is 2.10 bits per heavy atom. The monoisotopic (exact) mass is 342 g/mol. The standard InChI is InChI=1S/C17H15BrN2O/c1-21-16-5-3-2-4-12(16)14-8-9-17-19-13-7-6-11(18)10-15(13)20(14)17/h2-7,10,14H,8-9H2,1H3. The van der Waals surface area contributed by atoms with Crippen LogP contribution in [-0.2, 0) is 6.42 Å². The van der Waals surface area contributed by atoms with E-state index < -0.39 is 0 Å². The third-order valence-corrected chi connectivity index (χ3v) is 4.67. The van der Waals surface area contributed by atoms with E-state index in [1.807, 2.05) is 18.2 Å². The molecule has 0 amide bonds. The molecule has 0 fully saturated rings. The average molecular weight is 343 g/mol. The largest absolute Gasteiger partial charge is 0.496 e. The molecule has 1 aliphatic rings. The molecule has 1 aromatic heterocycles. The van der Waals surface area contributed by atoms with Crippen LogP contribution in [-0.4, -0.2) is 16.7 Å². The number of aryl methyl sites for hydroxylation is 1. The zero-order valence-electron chi connectivity index (χ0n) is 11.7. The lowest BCUT2D eigenvalue weighted by Crippen LogP contribution is -2.07. The Morgan fingerprint density at radius 3 is 2.95 bits per heavy atom. The van der Waals surface area contributed by atoms with Crippen LogP contribution in [0.2, 0.25) is 0 Å². The summed E-state index contributed by atoms with van der Waals surface area (Å²) in [5, 5.41) is 0. The number of methoxy groups -OCH3 is 1. The van der Waals surface area contributed by atoms with Crippen LogP contribution in [0.15, 0.2) is 46.9 Å². The first kappa shape index (κ1) is 12.9. The van der Waals surface area contributed by atoms with Crippen LogP contribution in [0.25, 0.3) is 11.0 Å². The van der Waals surface area contributed by atoms with Crippen LogP contribution in [0.4, 0.5) is 0 Å². The third kappa shape index (κ3) is 1.97. The van der Waals surface area contributed by atoms with Gasteiger partial charge in [0, 0.05) is 16.5 Å². The number of ether oxygens (including phenoxy) is 1. The third-order valence-electron chi connectivity index (χ3n) is 4.18. The summed E-state index contributed by atoms with van der Waals surface area (Å²) in [5.41, 5.74) is 3.48. The molecule has 3 nitrogen and oxygen atoms in total. The van der Waals surface area contributed by atoms with Gasteiger partial charge in [-0.3, -0.25) is 0 Å². The first-order valence-corrected chi connectivity index (χ1v) is 7.86. The lowest BCUT2D eigenvalue weighted by molar-refractivity contribution is 0.403. The molecule has 3 aromatic rings. The van der Waals surface area contributed by atoms with Gasteiger partial charge in [-0.1, -0.05) is 34.1 Å². The van der Waals surface area contributed by atoms with Crippen LogP contribution >= 0.6 is 15.9 Å². The minimum absolute atomic E-state index is 0.301. The molecule has 0 N–H and O–H groups in total. The Labute approximate surface area is 131 Å². The fourth-order valence-corrected chi connectivity index (χ4v) is 3.62. The van der Waals surface area contributed by atoms with Crippen LogP contribution < -0.4 is 4.74 Å². The van der Waals surface area contributed by atoms with Gasteiger partial charge in [0.1, 0.15) is 11.6 Å². The van der Waals surface area contributed by atoms with E-state index in [0.717, 1.165) is 28.6 Å². The normalized spacial score (nSPS) is 17.1. The molecule has 0 saturated heterocycles. The van der Waals surface area contributed by atoms with Crippen molar-refractivity contribution in [3.05, 3.63) is 58.3 Å². The molecule has 4 heteroatoms. The number of hydrogen-bond acceptors (Lipinski definition) is 2. The second-order valence-corrected chi connectivity index (χ2v) is 6.24. The lowest BCUT2D eigenvalue weighted by atomic mass is 10.0. The minimum Gasteiger partial charge on any atom is -0.496 e. The zero-order valence-corrected chi connectivity index (χ0v) is 13.3. The summed E-state index contributed by atoms with van der Waals surface area (Å²) in [7, 11) is 1.73. The molecule has 0 spiro atoms. The number of halogens is 1. The zero-order chi connectivity index (χ0) is 14.4. The number of para-hydroxylation sites is 1. The summed E-state index contributed by atoms with van der Waals surface area (Å²) in [6.07, 6.45) is 2.08. The Balaban J connectivity index is 1.93. The summed E-state index contributed by atoms with van der Waals surface area (Å²) in [6.45, 7) is 0. The van der Waals surface area contributed by atoms with Gasteiger partial charge in [-0.05, 0) is 30.7 Å². The van der Waals surface area contributed by atoms with Crippen LogP contribution in [0.5, 0.6) is 5.75 Å². The topological polar surface area (TPSA) is 27.1 Å². The van der Waals surface area contributed by atoms with Crippen LogP contribution in [0, 0.1) is 0 Å². The van der Waals surface area contributed by atoms with E-state index >= 15 is 0 Å². The Kier molecular flexibility index (Phi) is 3.00. The average Bonchev–Trinajstić information content (AvgIpc) is 3.06. The molecule has 0 aliphatic carbocycles. The second kappa shape index (κ2) is 4.88. The van der Waals surface area contributed by atoms with Gasteiger partial charge in [-0.15, -0.1) is 0 Å². The highest BCUT2D eigenvalue weighted by Crippen LogP contribution is 2.39. The second-order valence-electron chi connectivity index (χ2n) is 5.33. The molecule has 0 radical (unpaired) electrons. The van der Waals surface area contributed by atoms with Gasteiger partial charge in [-0.25, -0.2) is 4.98 Å². The summed E-state index contributed by atoms with van der Waals surface area (Å²) in [5.74, 6) is 2.12. The van der Waals surface area contributed by atoms with Gasteiger partial charge in [0.05, 0.1) is 24.2 Å². The molecule has 106 valence electrons. The SMILES string of the molecule is COc1ccccc1C1CCc2nc3ccc(Br)cc3n21. The number of imidazole rings is 1. The number of nitrogens with zero attached hydrogens (tertiary/aromatic N) is 2. The number of aromatic nitrogens is 2. The van der Waals surface area contributed by atoms with Crippen molar-refractivity contribution in [2.45, 2.75) is 18.9 Å². The molecule has 0 saturated carbocycles. The highest BCUT2D eigenvalue weighted by Gasteiger charge is 2.28. The smallest absolute Gasteiger partial charge is 0.124 e. The number of fused-ring (bicyclic) bond motifs is 3. The van der Waals surface area contributed by atoms with Crippen molar-refractivity contribution < 1.29 is 4.74 Å². The highest BCUT2D eigenvalue weighted by atomic mass is 79.9. The Morgan fingerprint density at radius 1 is 1.24 bits per heavy atom. The van der Waals surface area contributed by atoms with Gasteiger partial charge in [0.15, 0.2) is 0 Å². The maximum Gasteiger partial charge on any atom is 0.124 e. The molecule has 0 bridgehead atoms. The maximum atomic E-state index is 5.54. The number of benzene rings is 2. The van der Waals surface area contributed by atoms with Crippen molar-refractivity contribution in [1.29, 1.82) is 0 Å². The predicted octanol–water partition coefficient (Wildman–Crippen LogP) is 4.34. The number of hydrogen-bond donors (Lipinski definition) is 0. The molecule has 4 rings (SSSR count). The molecular weight excluding hydrogens is 328 g/mol. The van der Waals surface area contributed by atoms with E-state index in [2.05, 4.69) is 44.8 Å². The maximum absolute atomic E-state index is 5.54.